The van der Waals surface area contributed by atoms with Crippen molar-refractivity contribution in [3.63, 3.8) is 0 Å². The molecule has 126 valence electrons. The number of hydrogen-bond donors (Lipinski definition) is 2. The molecule has 1 fully saturated rings. The van der Waals surface area contributed by atoms with Crippen LogP contribution in [0.25, 0.3) is 11.1 Å². The Morgan fingerprint density at radius 1 is 1.21 bits per heavy atom. The summed E-state index contributed by atoms with van der Waals surface area (Å²) in [6.07, 6.45) is 0. The molecule has 1 aliphatic heterocycles. The number of benzene rings is 2. The zero-order valence-corrected chi connectivity index (χ0v) is 13.9. The number of carbonyl (C=O) groups excluding carboxylic acids is 1. The predicted octanol–water partition coefficient (Wildman–Crippen LogP) is 2.68. The summed E-state index contributed by atoms with van der Waals surface area (Å²) >= 11 is 0. The van der Waals surface area contributed by atoms with Gasteiger partial charge < -0.3 is 4.90 Å². The van der Waals surface area contributed by atoms with Crippen molar-refractivity contribution >= 4 is 5.91 Å². The summed E-state index contributed by atoms with van der Waals surface area (Å²) in [6.45, 7) is 3.64. The van der Waals surface area contributed by atoms with Crippen LogP contribution in [0.3, 0.4) is 0 Å². The number of rotatable bonds is 4. The van der Waals surface area contributed by atoms with E-state index in [1.54, 1.807) is 17.0 Å². The van der Waals surface area contributed by atoms with Gasteiger partial charge in [-0.2, -0.15) is 0 Å². The first kappa shape index (κ1) is 16.6. The SMILES string of the molecule is CC1NNCC1CN(C)C(=O)c1cccc(-c2cccc(F)c2)c1. The molecule has 0 aliphatic carbocycles. The van der Waals surface area contributed by atoms with Crippen molar-refractivity contribution in [1.82, 2.24) is 15.8 Å². The van der Waals surface area contributed by atoms with Crippen LogP contribution in [0, 0.1) is 11.7 Å². The van der Waals surface area contributed by atoms with Crippen LogP contribution in [0.5, 0.6) is 0 Å². The number of amides is 1. The summed E-state index contributed by atoms with van der Waals surface area (Å²) in [7, 11) is 1.82. The van der Waals surface area contributed by atoms with Crippen molar-refractivity contribution < 1.29 is 9.18 Å². The molecule has 2 N–H and O–H groups in total. The minimum atomic E-state index is -0.281. The highest BCUT2D eigenvalue weighted by molar-refractivity contribution is 5.95. The number of carbonyl (C=O) groups is 1. The van der Waals surface area contributed by atoms with Gasteiger partial charge in [-0.15, -0.1) is 0 Å². The normalized spacial score (nSPS) is 20.1. The lowest BCUT2D eigenvalue weighted by Gasteiger charge is -2.23. The van der Waals surface area contributed by atoms with Gasteiger partial charge in [0.05, 0.1) is 0 Å². The molecule has 0 saturated carbocycles. The third kappa shape index (κ3) is 3.63. The largest absolute Gasteiger partial charge is 0.341 e. The van der Waals surface area contributed by atoms with Gasteiger partial charge in [-0.3, -0.25) is 15.6 Å². The van der Waals surface area contributed by atoms with Crippen LogP contribution in [0.1, 0.15) is 17.3 Å². The van der Waals surface area contributed by atoms with Crippen LogP contribution < -0.4 is 10.9 Å². The maximum Gasteiger partial charge on any atom is 0.253 e. The van der Waals surface area contributed by atoms with E-state index in [2.05, 4.69) is 17.8 Å². The first-order valence-corrected chi connectivity index (χ1v) is 8.14. The molecule has 0 bridgehead atoms. The van der Waals surface area contributed by atoms with Gasteiger partial charge in [-0.25, -0.2) is 4.39 Å². The Morgan fingerprint density at radius 3 is 2.58 bits per heavy atom. The first-order chi connectivity index (χ1) is 11.5. The molecule has 0 aromatic heterocycles. The highest BCUT2D eigenvalue weighted by Crippen LogP contribution is 2.22. The van der Waals surface area contributed by atoms with Gasteiger partial charge in [0, 0.05) is 37.7 Å². The number of hydrogen-bond acceptors (Lipinski definition) is 3. The van der Waals surface area contributed by atoms with Gasteiger partial charge >= 0.3 is 0 Å². The second kappa shape index (κ2) is 7.11. The van der Waals surface area contributed by atoms with E-state index >= 15 is 0 Å². The summed E-state index contributed by atoms with van der Waals surface area (Å²) in [5.74, 6) is 0.0780. The predicted molar refractivity (Wildman–Crippen MR) is 92.9 cm³/mol. The monoisotopic (exact) mass is 327 g/mol. The van der Waals surface area contributed by atoms with Crippen molar-refractivity contribution in [3.8, 4) is 11.1 Å². The van der Waals surface area contributed by atoms with Crippen LogP contribution >= 0.6 is 0 Å². The van der Waals surface area contributed by atoms with Crippen LogP contribution in [-0.4, -0.2) is 37.0 Å². The Morgan fingerprint density at radius 2 is 1.92 bits per heavy atom. The van der Waals surface area contributed by atoms with E-state index in [1.165, 1.54) is 12.1 Å². The summed E-state index contributed by atoms with van der Waals surface area (Å²) in [5.41, 5.74) is 8.51. The van der Waals surface area contributed by atoms with Crippen LogP contribution in [0.2, 0.25) is 0 Å². The second-order valence-electron chi connectivity index (χ2n) is 6.35. The summed E-state index contributed by atoms with van der Waals surface area (Å²) < 4.78 is 13.4. The molecule has 0 radical (unpaired) electrons. The molecule has 0 spiro atoms. The molecule has 1 saturated heterocycles. The summed E-state index contributed by atoms with van der Waals surface area (Å²) in [6, 6.07) is 14.1. The van der Waals surface area contributed by atoms with Crippen LogP contribution in [-0.2, 0) is 0 Å². The molecule has 1 aliphatic rings. The molecule has 2 aromatic rings. The molecule has 1 amide bonds. The molecular weight excluding hydrogens is 305 g/mol. The van der Waals surface area contributed by atoms with E-state index in [-0.39, 0.29) is 11.7 Å². The zero-order valence-electron chi connectivity index (χ0n) is 13.9. The Hall–Kier alpha value is -2.24. The van der Waals surface area contributed by atoms with Gasteiger partial charge in [0.25, 0.3) is 5.91 Å². The fraction of sp³-hybridized carbons (Fsp3) is 0.316. The van der Waals surface area contributed by atoms with Gasteiger partial charge in [-0.1, -0.05) is 24.3 Å². The molecule has 2 unspecified atom stereocenters. The van der Waals surface area contributed by atoms with Gasteiger partial charge in [0.1, 0.15) is 5.82 Å². The molecule has 4 nitrogen and oxygen atoms in total. The Balaban J connectivity index is 1.76. The number of nitrogens with zero attached hydrogens (tertiary/aromatic N) is 1. The van der Waals surface area contributed by atoms with Crippen molar-refractivity contribution in [2.24, 2.45) is 5.92 Å². The maximum absolute atomic E-state index is 13.4. The third-order valence-corrected chi connectivity index (χ3v) is 4.52. The van der Waals surface area contributed by atoms with E-state index in [1.807, 2.05) is 31.3 Å². The molecule has 2 aromatic carbocycles. The molecular formula is C19H22FN3O. The lowest BCUT2D eigenvalue weighted by molar-refractivity contribution is 0.0773. The number of halogens is 1. The lowest BCUT2D eigenvalue weighted by Crippen LogP contribution is -2.36. The number of nitrogens with one attached hydrogen (secondary N) is 2. The van der Waals surface area contributed by atoms with Crippen molar-refractivity contribution in [2.75, 3.05) is 20.1 Å². The minimum absolute atomic E-state index is 0.0210. The Kier molecular flexibility index (Phi) is 4.92. The van der Waals surface area contributed by atoms with Gasteiger partial charge in [0.15, 0.2) is 0 Å². The van der Waals surface area contributed by atoms with Gasteiger partial charge in [0.2, 0.25) is 0 Å². The van der Waals surface area contributed by atoms with E-state index in [0.717, 1.165) is 17.7 Å². The molecule has 5 heteroatoms. The fourth-order valence-electron chi connectivity index (χ4n) is 3.02. The second-order valence-corrected chi connectivity index (χ2v) is 6.35. The van der Waals surface area contributed by atoms with Gasteiger partial charge in [-0.05, 0) is 42.3 Å². The lowest BCUT2D eigenvalue weighted by atomic mass is 10.0. The van der Waals surface area contributed by atoms with Crippen molar-refractivity contribution in [3.05, 3.63) is 59.9 Å². The van der Waals surface area contributed by atoms with Crippen LogP contribution in [0.4, 0.5) is 4.39 Å². The van der Waals surface area contributed by atoms with E-state index in [4.69, 9.17) is 0 Å². The topological polar surface area (TPSA) is 44.4 Å². The average Bonchev–Trinajstić information content (AvgIpc) is 2.99. The Labute approximate surface area is 141 Å². The molecule has 3 rings (SSSR count). The smallest absolute Gasteiger partial charge is 0.253 e. The minimum Gasteiger partial charge on any atom is -0.341 e. The molecule has 1 heterocycles. The maximum atomic E-state index is 13.4. The first-order valence-electron chi connectivity index (χ1n) is 8.14. The molecule has 24 heavy (non-hydrogen) atoms. The highest BCUT2D eigenvalue weighted by Gasteiger charge is 2.25. The average molecular weight is 327 g/mol. The number of hydrazine groups is 1. The quantitative estimate of drug-likeness (QED) is 0.907. The van der Waals surface area contributed by atoms with E-state index < -0.39 is 0 Å². The molecule has 2 atom stereocenters. The summed E-state index contributed by atoms with van der Waals surface area (Å²) in [5, 5.41) is 0. The van der Waals surface area contributed by atoms with Crippen molar-refractivity contribution in [2.45, 2.75) is 13.0 Å². The van der Waals surface area contributed by atoms with Crippen LogP contribution in [0.15, 0.2) is 48.5 Å². The third-order valence-electron chi connectivity index (χ3n) is 4.52. The fourth-order valence-corrected chi connectivity index (χ4v) is 3.02. The van der Waals surface area contributed by atoms with Crippen molar-refractivity contribution in [1.29, 1.82) is 0 Å². The highest BCUT2D eigenvalue weighted by atomic mass is 19.1. The van der Waals surface area contributed by atoms with E-state index in [0.29, 0.717) is 24.1 Å². The van der Waals surface area contributed by atoms with E-state index in [9.17, 15) is 9.18 Å². The Bertz CT molecular complexity index is 734. The zero-order chi connectivity index (χ0) is 17.1. The standard InChI is InChI=1S/C19H22FN3O/c1-13-17(11-21-22-13)12-23(2)19(24)16-7-3-5-14(9-16)15-6-4-8-18(20)10-15/h3-10,13,17,21-22H,11-12H2,1-2H3. The summed E-state index contributed by atoms with van der Waals surface area (Å²) in [4.78, 5) is 14.5.